The van der Waals surface area contributed by atoms with Crippen molar-refractivity contribution in [3.8, 4) is 0 Å². The van der Waals surface area contributed by atoms with E-state index < -0.39 is 5.97 Å². The van der Waals surface area contributed by atoms with Gasteiger partial charge in [0.15, 0.2) is 0 Å². The average molecular weight is 425 g/mol. The summed E-state index contributed by atoms with van der Waals surface area (Å²) in [6.45, 7) is 2.10. The molecule has 3 rings (SSSR count). The van der Waals surface area contributed by atoms with Crippen molar-refractivity contribution in [3.05, 3.63) is 0 Å². The third-order valence-corrected chi connectivity index (χ3v) is 8.47. The minimum atomic E-state index is -0.849. The Hall–Kier alpha value is -0.650. The highest BCUT2D eigenvalue weighted by atomic mass is 16.5. The Labute approximate surface area is 183 Å². The van der Waals surface area contributed by atoms with E-state index in [1.165, 1.54) is 57.8 Å². The normalized spacial score (nSPS) is 36.8. The third-order valence-electron chi connectivity index (χ3n) is 8.47. The van der Waals surface area contributed by atoms with Crippen LogP contribution in [-0.2, 0) is 19.0 Å². The molecular weight excluding hydrogens is 380 g/mol. The number of aliphatic carboxylic acids is 1. The molecule has 0 saturated heterocycles. The number of hydrogen-bond donors (Lipinski definition) is 1. The van der Waals surface area contributed by atoms with Gasteiger partial charge in [-0.1, -0.05) is 32.6 Å². The number of ether oxygens (including phenoxy) is 3. The molecule has 3 unspecified atom stereocenters. The summed E-state index contributed by atoms with van der Waals surface area (Å²) in [5.74, 6) is 2.48. The van der Waals surface area contributed by atoms with Gasteiger partial charge in [-0.3, -0.25) is 0 Å². The van der Waals surface area contributed by atoms with E-state index in [9.17, 15) is 4.79 Å². The zero-order valence-corrected chi connectivity index (χ0v) is 19.4. The lowest BCUT2D eigenvalue weighted by atomic mass is 9.61. The van der Waals surface area contributed by atoms with Crippen LogP contribution in [0.15, 0.2) is 0 Å². The Kier molecular flexibility index (Phi) is 9.46. The molecule has 3 fully saturated rings. The minimum Gasteiger partial charge on any atom is -0.480 e. The molecule has 0 aliphatic heterocycles. The van der Waals surface area contributed by atoms with Gasteiger partial charge in [-0.25, -0.2) is 4.79 Å². The average Bonchev–Trinajstić information content (AvgIpc) is 3.09. The summed E-state index contributed by atoms with van der Waals surface area (Å²) in [4.78, 5) is 11.0. The van der Waals surface area contributed by atoms with Crippen LogP contribution >= 0.6 is 0 Å². The summed E-state index contributed by atoms with van der Waals surface area (Å²) in [6.07, 6.45) is 15.3. The highest BCUT2D eigenvalue weighted by molar-refractivity contribution is 5.68. The largest absolute Gasteiger partial charge is 0.480 e. The molecule has 0 aromatic carbocycles. The Morgan fingerprint density at radius 3 is 2.50 bits per heavy atom. The zero-order valence-electron chi connectivity index (χ0n) is 19.4. The van der Waals surface area contributed by atoms with Crippen molar-refractivity contribution < 1.29 is 24.1 Å². The highest BCUT2D eigenvalue weighted by Crippen LogP contribution is 2.55. The third kappa shape index (κ3) is 5.98. The van der Waals surface area contributed by atoms with Crippen molar-refractivity contribution in [1.82, 2.24) is 0 Å². The second-order valence-electron chi connectivity index (χ2n) is 10.1. The summed E-state index contributed by atoms with van der Waals surface area (Å²) in [5.41, 5.74) is 0. The van der Waals surface area contributed by atoms with Gasteiger partial charge < -0.3 is 19.3 Å². The first-order valence-corrected chi connectivity index (χ1v) is 12.5. The van der Waals surface area contributed by atoms with E-state index in [0.29, 0.717) is 35.9 Å². The van der Waals surface area contributed by atoms with Gasteiger partial charge in [0, 0.05) is 14.2 Å². The number of unbranched alkanes of at least 4 members (excludes halogenated alkanes) is 2. The molecule has 0 aromatic rings. The number of carboxylic acids is 1. The quantitative estimate of drug-likeness (QED) is 0.430. The zero-order chi connectivity index (χ0) is 21.5. The molecule has 0 radical (unpaired) electrons. The van der Waals surface area contributed by atoms with Gasteiger partial charge in [0.1, 0.15) is 6.61 Å². The number of carbonyl (C=O) groups is 1. The summed E-state index contributed by atoms with van der Waals surface area (Å²) >= 11 is 0. The van der Waals surface area contributed by atoms with Crippen molar-refractivity contribution in [2.24, 2.45) is 29.6 Å². The summed E-state index contributed by atoms with van der Waals surface area (Å²) in [7, 11) is 3.75. The molecule has 8 atom stereocenters. The molecule has 0 spiro atoms. The Balaban J connectivity index is 1.58. The first kappa shape index (κ1) is 24.0. The number of hydrogen-bond acceptors (Lipinski definition) is 4. The number of fused-ring (bicyclic) bond motifs is 2. The summed E-state index contributed by atoms with van der Waals surface area (Å²) in [6, 6.07) is 0. The predicted octanol–water partition coefficient (Wildman–Crippen LogP) is 5.31. The molecule has 30 heavy (non-hydrogen) atoms. The van der Waals surface area contributed by atoms with Crippen LogP contribution in [0.1, 0.15) is 84.0 Å². The van der Waals surface area contributed by atoms with Crippen LogP contribution in [0.3, 0.4) is 0 Å². The van der Waals surface area contributed by atoms with Crippen LogP contribution < -0.4 is 0 Å². The first-order chi connectivity index (χ1) is 14.6. The van der Waals surface area contributed by atoms with E-state index in [0.717, 1.165) is 25.2 Å². The van der Waals surface area contributed by atoms with E-state index >= 15 is 0 Å². The van der Waals surface area contributed by atoms with E-state index in [4.69, 9.17) is 19.3 Å². The van der Waals surface area contributed by atoms with Crippen molar-refractivity contribution in [1.29, 1.82) is 0 Å². The van der Waals surface area contributed by atoms with Crippen LogP contribution in [0, 0.1) is 29.6 Å². The van der Waals surface area contributed by atoms with Crippen molar-refractivity contribution in [2.75, 3.05) is 20.8 Å². The lowest BCUT2D eigenvalue weighted by molar-refractivity contribution is -0.149. The Bertz CT molecular complexity index is 524. The lowest BCUT2D eigenvalue weighted by Crippen LogP contribution is -2.42. The van der Waals surface area contributed by atoms with E-state index in [2.05, 4.69) is 6.92 Å². The van der Waals surface area contributed by atoms with Gasteiger partial charge in [-0.05, 0) is 81.0 Å². The standard InChI is InChI=1S/C25H44O5/c1-4-5-6-9-19(28-2)11-12-20-21-13-17-8-7-10-23(30-16-25(26)27)22(17)14-18(21)15-24(20)29-3/h17-24H,4-16H2,1-3H3,(H,26,27)/t17?,18-,19-,20+,21-,22?,23?,24+/m0/s1. The minimum absolute atomic E-state index is 0.136. The monoisotopic (exact) mass is 424 g/mol. The fourth-order valence-corrected chi connectivity index (χ4v) is 7.00. The number of carboxylic acid groups (broad SMARTS) is 1. The van der Waals surface area contributed by atoms with Gasteiger partial charge in [-0.15, -0.1) is 0 Å². The van der Waals surface area contributed by atoms with Gasteiger partial charge >= 0.3 is 5.97 Å². The molecular formula is C25H44O5. The SMILES string of the molecule is CCCCC[C@@H](CC[C@@H]1[C@H]2CC3CCCC(OCC(=O)O)C3C[C@H]2C[C@H]1OC)OC. The van der Waals surface area contributed by atoms with Crippen LogP contribution in [0.4, 0.5) is 0 Å². The Morgan fingerprint density at radius 2 is 1.80 bits per heavy atom. The van der Waals surface area contributed by atoms with Crippen molar-refractivity contribution >= 4 is 5.97 Å². The maximum atomic E-state index is 11.0. The van der Waals surface area contributed by atoms with E-state index in [1.807, 2.05) is 14.2 Å². The molecule has 0 aromatic heterocycles. The maximum absolute atomic E-state index is 11.0. The Morgan fingerprint density at radius 1 is 1.00 bits per heavy atom. The van der Waals surface area contributed by atoms with Gasteiger partial charge in [0.25, 0.3) is 0 Å². The second-order valence-corrected chi connectivity index (χ2v) is 10.1. The van der Waals surface area contributed by atoms with Gasteiger partial charge in [0.05, 0.1) is 18.3 Å². The van der Waals surface area contributed by atoms with Crippen molar-refractivity contribution in [2.45, 2.75) is 102 Å². The van der Waals surface area contributed by atoms with E-state index in [-0.39, 0.29) is 12.7 Å². The molecule has 0 amide bonds. The van der Waals surface area contributed by atoms with E-state index in [1.54, 1.807) is 0 Å². The lowest BCUT2D eigenvalue weighted by Gasteiger charge is -2.46. The fourth-order valence-electron chi connectivity index (χ4n) is 7.00. The molecule has 0 heterocycles. The molecule has 174 valence electrons. The van der Waals surface area contributed by atoms with Crippen LogP contribution in [0.25, 0.3) is 0 Å². The van der Waals surface area contributed by atoms with Gasteiger partial charge in [-0.2, -0.15) is 0 Å². The molecule has 3 saturated carbocycles. The topological polar surface area (TPSA) is 65.0 Å². The summed E-state index contributed by atoms with van der Waals surface area (Å²) < 4.78 is 17.6. The van der Waals surface area contributed by atoms with Crippen LogP contribution in [0.2, 0.25) is 0 Å². The predicted molar refractivity (Wildman–Crippen MR) is 117 cm³/mol. The molecule has 5 heteroatoms. The van der Waals surface area contributed by atoms with Crippen molar-refractivity contribution in [3.63, 3.8) is 0 Å². The molecule has 3 aliphatic carbocycles. The number of rotatable bonds is 12. The molecule has 3 aliphatic rings. The van der Waals surface area contributed by atoms with Crippen LogP contribution in [0.5, 0.6) is 0 Å². The molecule has 5 nitrogen and oxygen atoms in total. The highest BCUT2D eigenvalue weighted by Gasteiger charge is 2.50. The number of methoxy groups -OCH3 is 2. The maximum Gasteiger partial charge on any atom is 0.329 e. The smallest absolute Gasteiger partial charge is 0.329 e. The molecule has 0 bridgehead atoms. The second kappa shape index (κ2) is 11.8. The van der Waals surface area contributed by atoms with Crippen LogP contribution in [-0.4, -0.2) is 50.2 Å². The summed E-state index contributed by atoms with van der Waals surface area (Å²) in [5, 5.41) is 9.03. The van der Waals surface area contributed by atoms with Gasteiger partial charge in [0.2, 0.25) is 0 Å². The fraction of sp³-hybridized carbons (Fsp3) is 0.960. The first-order valence-electron chi connectivity index (χ1n) is 12.5. The molecule has 1 N–H and O–H groups in total.